The molecule has 6 heteroatoms. The van der Waals surface area contributed by atoms with Crippen LogP contribution < -0.4 is 4.74 Å². The van der Waals surface area contributed by atoms with Crippen LogP contribution in [0.2, 0.25) is 0 Å². The topological polar surface area (TPSA) is 64.6 Å². The van der Waals surface area contributed by atoms with Gasteiger partial charge in [-0.15, -0.1) is 0 Å². The van der Waals surface area contributed by atoms with Gasteiger partial charge in [-0.25, -0.2) is 14.8 Å². The van der Waals surface area contributed by atoms with E-state index in [4.69, 9.17) is 4.74 Å². The Morgan fingerprint density at radius 3 is 2.44 bits per heavy atom. The molecule has 18 heavy (non-hydrogen) atoms. The van der Waals surface area contributed by atoms with Gasteiger partial charge in [-0.2, -0.15) is 0 Å². The molecule has 0 atom stereocenters. The molecule has 1 rings (SSSR count). The first-order valence-corrected chi connectivity index (χ1v) is 5.57. The molecule has 100 valence electrons. The van der Waals surface area contributed by atoms with Crippen LogP contribution in [0.1, 0.15) is 24.3 Å². The van der Waals surface area contributed by atoms with Crippen LogP contribution >= 0.6 is 0 Å². The largest absolute Gasteiger partial charge is 0.475 e. The molecule has 1 aromatic rings. The van der Waals surface area contributed by atoms with Gasteiger partial charge in [0.15, 0.2) is 5.69 Å². The van der Waals surface area contributed by atoms with E-state index in [0.29, 0.717) is 12.5 Å². The van der Waals surface area contributed by atoms with Crippen LogP contribution in [0.5, 0.6) is 5.88 Å². The summed E-state index contributed by atoms with van der Waals surface area (Å²) in [7, 11) is 5.26. The Labute approximate surface area is 107 Å². The van der Waals surface area contributed by atoms with Crippen molar-refractivity contribution in [3.05, 3.63) is 18.1 Å². The Balaban J connectivity index is 2.62. The van der Waals surface area contributed by atoms with Crippen molar-refractivity contribution in [2.45, 2.75) is 19.4 Å². The quantitative estimate of drug-likeness (QED) is 0.729. The van der Waals surface area contributed by atoms with Crippen molar-refractivity contribution in [3.8, 4) is 5.88 Å². The zero-order valence-corrected chi connectivity index (χ0v) is 11.4. The van der Waals surface area contributed by atoms with Crippen LogP contribution in [-0.4, -0.2) is 54.2 Å². The Morgan fingerprint density at radius 2 is 2.00 bits per heavy atom. The summed E-state index contributed by atoms with van der Waals surface area (Å²) in [5, 5.41) is 0. The van der Waals surface area contributed by atoms with Gasteiger partial charge in [0.2, 0.25) is 5.88 Å². The normalized spacial score (nSPS) is 11.4. The maximum absolute atomic E-state index is 11.2. The monoisotopic (exact) mass is 253 g/mol. The highest BCUT2D eigenvalue weighted by Crippen LogP contribution is 2.13. The number of methoxy groups -OCH3 is 1. The molecule has 0 radical (unpaired) electrons. The van der Waals surface area contributed by atoms with Gasteiger partial charge in [0, 0.05) is 5.54 Å². The Bertz CT molecular complexity index is 402. The van der Waals surface area contributed by atoms with Crippen molar-refractivity contribution in [2.75, 3.05) is 27.8 Å². The molecule has 0 aliphatic heterocycles. The van der Waals surface area contributed by atoms with Crippen LogP contribution in [-0.2, 0) is 4.74 Å². The molecule has 0 fully saturated rings. The Kier molecular flexibility index (Phi) is 4.61. The van der Waals surface area contributed by atoms with Gasteiger partial charge in [-0.1, -0.05) is 0 Å². The van der Waals surface area contributed by atoms with Gasteiger partial charge in [-0.05, 0) is 27.9 Å². The lowest BCUT2D eigenvalue weighted by atomic mass is 10.1. The summed E-state index contributed by atoms with van der Waals surface area (Å²) in [5.74, 6) is -0.125. The van der Waals surface area contributed by atoms with Crippen molar-refractivity contribution in [2.24, 2.45) is 0 Å². The van der Waals surface area contributed by atoms with Crippen molar-refractivity contribution >= 4 is 5.97 Å². The molecule has 0 spiro atoms. The predicted molar refractivity (Wildman–Crippen MR) is 66.6 cm³/mol. The third-order valence-corrected chi connectivity index (χ3v) is 2.81. The summed E-state index contributed by atoms with van der Waals surface area (Å²) >= 11 is 0. The van der Waals surface area contributed by atoms with Gasteiger partial charge >= 0.3 is 5.97 Å². The minimum absolute atomic E-state index is 0.108. The summed E-state index contributed by atoms with van der Waals surface area (Å²) in [5.41, 5.74) is 0.0552. The van der Waals surface area contributed by atoms with E-state index in [0.717, 1.165) is 0 Å². The maximum Gasteiger partial charge on any atom is 0.358 e. The lowest BCUT2D eigenvalue weighted by Crippen LogP contribution is -2.43. The van der Waals surface area contributed by atoms with Crippen molar-refractivity contribution in [1.29, 1.82) is 0 Å². The van der Waals surface area contributed by atoms with Gasteiger partial charge < -0.3 is 14.4 Å². The van der Waals surface area contributed by atoms with E-state index in [1.807, 2.05) is 14.1 Å². The molecule has 0 saturated carbocycles. The van der Waals surface area contributed by atoms with Crippen LogP contribution in [0.4, 0.5) is 0 Å². The van der Waals surface area contributed by atoms with E-state index in [1.54, 1.807) is 0 Å². The zero-order valence-electron chi connectivity index (χ0n) is 11.4. The number of carbonyl (C=O) groups excluding carboxylic acids is 1. The van der Waals surface area contributed by atoms with Crippen LogP contribution in [0.15, 0.2) is 12.4 Å². The molecule has 0 N–H and O–H groups in total. The molecule has 0 aliphatic rings. The molecular weight excluding hydrogens is 234 g/mol. The summed E-state index contributed by atoms with van der Waals surface area (Å²) in [4.78, 5) is 21.1. The van der Waals surface area contributed by atoms with Crippen molar-refractivity contribution < 1.29 is 14.3 Å². The van der Waals surface area contributed by atoms with Gasteiger partial charge in [0.25, 0.3) is 0 Å². The third kappa shape index (κ3) is 3.66. The predicted octanol–water partition coefficient (Wildman–Crippen LogP) is 0.982. The fraction of sp³-hybridized carbons (Fsp3) is 0.583. The molecule has 6 nitrogen and oxygen atoms in total. The number of nitrogens with zero attached hydrogens (tertiary/aromatic N) is 3. The molecule has 0 unspecified atom stereocenters. The number of aromatic nitrogens is 2. The van der Waals surface area contributed by atoms with Crippen LogP contribution in [0, 0.1) is 0 Å². The average Bonchev–Trinajstić information content (AvgIpc) is 2.36. The summed E-state index contributed by atoms with van der Waals surface area (Å²) in [6, 6.07) is 0. The molecule has 0 amide bonds. The lowest BCUT2D eigenvalue weighted by molar-refractivity contribution is 0.0593. The fourth-order valence-corrected chi connectivity index (χ4v) is 0.980. The first-order valence-electron chi connectivity index (χ1n) is 5.57. The number of rotatable bonds is 5. The minimum atomic E-state index is -0.511. The van der Waals surface area contributed by atoms with Crippen molar-refractivity contribution in [3.63, 3.8) is 0 Å². The molecule has 0 aromatic carbocycles. The molecule has 0 saturated heterocycles. The highest BCUT2D eigenvalue weighted by molar-refractivity contribution is 5.86. The molecule has 1 aromatic heterocycles. The summed E-state index contributed by atoms with van der Waals surface area (Å²) < 4.78 is 10.1. The first-order chi connectivity index (χ1) is 8.36. The zero-order chi connectivity index (χ0) is 13.8. The van der Waals surface area contributed by atoms with E-state index >= 15 is 0 Å². The summed E-state index contributed by atoms with van der Waals surface area (Å²) in [6.45, 7) is 4.60. The van der Waals surface area contributed by atoms with Gasteiger partial charge in [0.1, 0.15) is 6.61 Å². The summed E-state index contributed by atoms with van der Waals surface area (Å²) in [6.07, 6.45) is 2.75. The minimum Gasteiger partial charge on any atom is -0.475 e. The second kappa shape index (κ2) is 5.77. The maximum atomic E-state index is 11.2. The standard InChI is InChI=1S/C12H19N3O3/c1-12(2,15(3)4)8-18-10-7-13-9(6-14-10)11(16)17-5/h6-7H,8H2,1-5H3. The second-order valence-corrected chi connectivity index (χ2v) is 4.73. The van der Waals surface area contributed by atoms with E-state index in [2.05, 4.69) is 33.5 Å². The number of hydrogen-bond acceptors (Lipinski definition) is 6. The van der Waals surface area contributed by atoms with Crippen LogP contribution in [0.25, 0.3) is 0 Å². The van der Waals surface area contributed by atoms with E-state index in [-0.39, 0.29) is 11.2 Å². The molecule has 1 heterocycles. The Morgan fingerprint density at radius 1 is 1.33 bits per heavy atom. The van der Waals surface area contributed by atoms with Gasteiger partial charge in [-0.3, -0.25) is 0 Å². The average molecular weight is 253 g/mol. The highest BCUT2D eigenvalue weighted by atomic mass is 16.5. The van der Waals surface area contributed by atoms with Crippen LogP contribution in [0.3, 0.4) is 0 Å². The smallest absolute Gasteiger partial charge is 0.358 e. The first kappa shape index (κ1) is 14.4. The molecule has 0 aliphatic carbocycles. The van der Waals surface area contributed by atoms with E-state index in [1.165, 1.54) is 19.5 Å². The third-order valence-electron chi connectivity index (χ3n) is 2.81. The molecule has 0 bridgehead atoms. The molecular formula is C12H19N3O3. The highest BCUT2D eigenvalue weighted by Gasteiger charge is 2.21. The van der Waals surface area contributed by atoms with Gasteiger partial charge in [0.05, 0.1) is 19.5 Å². The number of carbonyl (C=O) groups is 1. The fourth-order valence-electron chi connectivity index (χ4n) is 0.980. The number of hydrogen-bond donors (Lipinski definition) is 0. The SMILES string of the molecule is COC(=O)c1cnc(OCC(C)(C)N(C)C)cn1. The van der Waals surface area contributed by atoms with E-state index in [9.17, 15) is 4.79 Å². The number of likely N-dealkylation sites (N-methyl/N-ethyl adjacent to an activating group) is 1. The second-order valence-electron chi connectivity index (χ2n) is 4.73. The van der Waals surface area contributed by atoms with Crippen molar-refractivity contribution in [1.82, 2.24) is 14.9 Å². The Hall–Kier alpha value is -1.69. The number of ether oxygens (including phenoxy) is 2. The van der Waals surface area contributed by atoms with E-state index < -0.39 is 5.97 Å². The lowest BCUT2D eigenvalue weighted by Gasteiger charge is -2.31. The number of esters is 1.